The lowest BCUT2D eigenvalue weighted by Gasteiger charge is -2.16. The van der Waals surface area contributed by atoms with E-state index in [-0.39, 0.29) is 6.03 Å². The second kappa shape index (κ2) is 7.31. The van der Waals surface area contributed by atoms with Gasteiger partial charge < -0.3 is 15.3 Å². The van der Waals surface area contributed by atoms with Crippen molar-refractivity contribution in [3.63, 3.8) is 0 Å². The summed E-state index contributed by atoms with van der Waals surface area (Å²) in [4.78, 5) is 31.4. The lowest BCUT2D eigenvalue weighted by Crippen LogP contribution is -2.39. The minimum Gasteiger partial charge on any atom is -0.481 e. The molecule has 0 spiro atoms. The minimum absolute atomic E-state index is 0.175. The van der Waals surface area contributed by atoms with E-state index in [1.807, 2.05) is 6.92 Å². The standard InChI is InChI=1S/C16H19N3O3S2/c1-10-18-13(9-23-10)14-3-2-12(24-14)4-6-17-16(22)19-7-5-11(8-19)15(20)21/h2-3,9,11H,4-8H2,1H3,(H,17,22)(H,20,21). The van der Waals surface area contributed by atoms with Crippen LogP contribution in [0.15, 0.2) is 17.5 Å². The van der Waals surface area contributed by atoms with Crippen LogP contribution >= 0.6 is 22.7 Å². The number of hydrogen-bond acceptors (Lipinski definition) is 5. The number of hydrogen-bond donors (Lipinski definition) is 2. The van der Waals surface area contributed by atoms with Crippen LogP contribution < -0.4 is 5.32 Å². The highest BCUT2D eigenvalue weighted by Crippen LogP contribution is 2.29. The number of aromatic nitrogens is 1. The highest BCUT2D eigenvalue weighted by molar-refractivity contribution is 7.16. The lowest BCUT2D eigenvalue weighted by molar-refractivity contribution is -0.141. The Hall–Kier alpha value is -1.93. The molecule has 128 valence electrons. The molecule has 3 rings (SSSR count). The zero-order valence-corrected chi connectivity index (χ0v) is 15.0. The van der Waals surface area contributed by atoms with E-state index in [0.29, 0.717) is 26.1 Å². The third kappa shape index (κ3) is 3.93. The van der Waals surface area contributed by atoms with E-state index in [4.69, 9.17) is 5.11 Å². The molecule has 1 saturated heterocycles. The van der Waals surface area contributed by atoms with Gasteiger partial charge in [-0.05, 0) is 31.9 Å². The topological polar surface area (TPSA) is 82.5 Å². The largest absolute Gasteiger partial charge is 0.481 e. The van der Waals surface area contributed by atoms with Crippen molar-refractivity contribution in [1.29, 1.82) is 0 Å². The quantitative estimate of drug-likeness (QED) is 0.853. The van der Waals surface area contributed by atoms with Crippen LogP contribution in [0, 0.1) is 12.8 Å². The second-order valence-electron chi connectivity index (χ2n) is 5.77. The summed E-state index contributed by atoms with van der Waals surface area (Å²) in [5.41, 5.74) is 1.01. The van der Waals surface area contributed by atoms with Crippen LogP contribution in [0.4, 0.5) is 4.79 Å². The molecule has 0 aliphatic carbocycles. The molecule has 1 fully saturated rings. The van der Waals surface area contributed by atoms with Gasteiger partial charge in [0.25, 0.3) is 0 Å². The van der Waals surface area contributed by atoms with Crippen LogP contribution in [-0.4, -0.2) is 46.6 Å². The first kappa shape index (κ1) is 16.9. The molecule has 0 aromatic carbocycles. The van der Waals surface area contributed by atoms with Gasteiger partial charge in [-0.2, -0.15) is 0 Å². The smallest absolute Gasteiger partial charge is 0.317 e. The summed E-state index contributed by atoms with van der Waals surface area (Å²) in [6.45, 7) is 3.34. The Morgan fingerprint density at radius 1 is 1.46 bits per heavy atom. The number of thiophene rings is 1. The monoisotopic (exact) mass is 365 g/mol. The van der Waals surface area contributed by atoms with Gasteiger partial charge >= 0.3 is 12.0 Å². The Labute approximate surface area is 148 Å². The summed E-state index contributed by atoms with van der Waals surface area (Å²) in [6.07, 6.45) is 1.29. The summed E-state index contributed by atoms with van der Waals surface area (Å²) in [5.74, 6) is -1.26. The van der Waals surface area contributed by atoms with Gasteiger partial charge in [0.1, 0.15) is 0 Å². The van der Waals surface area contributed by atoms with Gasteiger partial charge in [0, 0.05) is 29.9 Å². The van der Waals surface area contributed by atoms with Crippen molar-refractivity contribution in [2.24, 2.45) is 5.92 Å². The Morgan fingerprint density at radius 3 is 2.96 bits per heavy atom. The van der Waals surface area contributed by atoms with Gasteiger partial charge in [-0.1, -0.05) is 0 Å². The molecule has 2 aromatic heterocycles. The second-order valence-corrected chi connectivity index (χ2v) is 8.00. The predicted molar refractivity (Wildman–Crippen MR) is 94.6 cm³/mol. The number of carboxylic acid groups (broad SMARTS) is 1. The van der Waals surface area contributed by atoms with E-state index in [2.05, 4.69) is 27.8 Å². The molecule has 2 N–H and O–H groups in total. The van der Waals surface area contributed by atoms with Crippen LogP contribution in [0.1, 0.15) is 16.3 Å². The van der Waals surface area contributed by atoms with Crippen LogP contribution in [0.25, 0.3) is 10.6 Å². The minimum atomic E-state index is -0.825. The van der Waals surface area contributed by atoms with Crippen molar-refractivity contribution >= 4 is 34.7 Å². The molecule has 8 heteroatoms. The number of rotatable bonds is 5. The molecule has 1 atom stereocenters. The average molecular weight is 365 g/mol. The number of amides is 2. The van der Waals surface area contributed by atoms with Gasteiger partial charge in [-0.25, -0.2) is 9.78 Å². The zero-order valence-electron chi connectivity index (χ0n) is 13.3. The fourth-order valence-electron chi connectivity index (χ4n) is 2.68. The molecule has 6 nitrogen and oxygen atoms in total. The lowest BCUT2D eigenvalue weighted by atomic mass is 10.1. The van der Waals surface area contributed by atoms with E-state index in [1.54, 1.807) is 27.6 Å². The number of carboxylic acids is 1. The van der Waals surface area contributed by atoms with E-state index < -0.39 is 11.9 Å². The molecule has 0 saturated carbocycles. The van der Waals surface area contributed by atoms with Gasteiger partial charge in [-0.3, -0.25) is 4.79 Å². The van der Waals surface area contributed by atoms with E-state index in [1.165, 1.54) is 4.88 Å². The maximum Gasteiger partial charge on any atom is 0.317 e. The van der Waals surface area contributed by atoms with Crippen molar-refractivity contribution in [2.75, 3.05) is 19.6 Å². The fraction of sp³-hybridized carbons (Fsp3) is 0.438. The summed E-state index contributed by atoms with van der Waals surface area (Å²) in [5, 5.41) is 15.0. The molecule has 1 aliphatic heterocycles. The molecule has 3 heterocycles. The summed E-state index contributed by atoms with van der Waals surface area (Å²) < 4.78 is 0. The van der Waals surface area contributed by atoms with Crippen LogP contribution in [-0.2, 0) is 11.2 Å². The Balaban J connectivity index is 1.46. The first-order chi connectivity index (χ1) is 11.5. The first-order valence-electron chi connectivity index (χ1n) is 7.79. The van der Waals surface area contributed by atoms with E-state index in [9.17, 15) is 9.59 Å². The third-order valence-electron chi connectivity index (χ3n) is 4.01. The Kier molecular flexibility index (Phi) is 5.15. The number of urea groups is 1. The summed E-state index contributed by atoms with van der Waals surface area (Å²) in [7, 11) is 0. The van der Waals surface area contributed by atoms with Gasteiger partial charge in [0.05, 0.1) is 21.5 Å². The van der Waals surface area contributed by atoms with Gasteiger partial charge in [0.2, 0.25) is 0 Å². The van der Waals surface area contributed by atoms with Gasteiger partial charge in [-0.15, -0.1) is 22.7 Å². The molecule has 1 unspecified atom stereocenters. The molecular weight excluding hydrogens is 346 g/mol. The predicted octanol–water partition coefficient (Wildman–Crippen LogP) is 2.84. The molecular formula is C16H19N3O3S2. The fourth-order valence-corrected chi connectivity index (χ4v) is 4.33. The Bertz CT molecular complexity index is 741. The number of nitrogens with one attached hydrogen (secondary N) is 1. The van der Waals surface area contributed by atoms with Crippen molar-refractivity contribution in [3.8, 4) is 10.6 Å². The molecule has 2 aromatic rings. The molecule has 0 radical (unpaired) electrons. The summed E-state index contributed by atoms with van der Waals surface area (Å²) in [6, 6.07) is 3.96. The summed E-state index contributed by atoms with van der Waals surface area (Å²) >= 11 is 3.33. The number of aryl methyl sites for hydroxylation is 1. The van der Waals surface area contributed by atoms with Crippen molar-refractivity contribution in [1.82, 2.24) is 15.2 Å². The molecule has 0 bridgehead atoms. The maximum absolute atomic E-state index is 12.0. The highest BCUT2D eigenvalue weighted by atomic mass is 32.1. The van der Waals surface area contributed by atoms with Crippen LogP contribution in [0.2, 0.25) is 0 Å². The zero-order chi connectivity index (χ0) is 17.1. The van der Waals surface area contributed by atoms with Crippen molar-refractivity contribution in [2.45, 2.75) is 19.8 Å². The molecule has 24 heavy (non-hydrogen) atoms. The number of thiazole rings is 1. The maximum atomic E-state index is 12.0. The number of aliphatic carboxylic acids is 1. The number of carbonyl (C=O) groups excluding carboxylic acids is 1. The van der Waals surface area contributed by atoms with E-state index >= 15 is 0 Å². The van der Waals surface area contributed by atoms with Crippen molar-refractivity contribution in [3.05, 3.63) is 27.4 Å². The SMILES string of the molecule is Cc1nc(-c2ccc(CCNC(=O)N3CCC(C(=O)O)C3)s2)cs1. The third-order valence-corrected chi connectivity index (χ3v) is 5.95. The normalized spacial score (nSPS) is 17.2. The highest BCUT2D eigenvalue weighted by Gasteiger charge is 2.30. The number of likely N-dealkylation sites (tertiary alicyclic amines) is 1. The Morgan fingerprint density at radius 2 is 2.29 bits per heavy atom. The van der Waals surface area contributed by atoms with E-state index in [0.717, 1.165) is 22.0 Å². The molecule has 2 amide bonds. The average Bonchev–Trinajstić information content (AvgIpc) is 3.26. The first-order valence-corrected chi connectivity index (χ1v) is 9.49. The van der Waals surface area contributed by atoms with Crippen molar-refractivity contribution < 1.29 is 14.7 Å². The van der Waals surface area contributed by atoms with Crippen LogP contribution in [0.3, 0.4) is 0 Å². The number of carbonyl (C=O) groups is 2. The van der Waals surface area contributed by atoms with Crippen LogP contribution in [0.5, 0.6) is 0 Å². The molecule has 1 aliphatic rings. The van der Waals surface area contributed by atoms with Gasteiger partial charge in [0.15, 0.2) is 0 Å². The number of nitrogens with zero attached hydrogens (tertiary/aromatic N) is 2.